The molecule has 2 heterocycles. The van der Waals surface area contributed by atoms with E-state index in [1.807, 2.05) is 25.5 Å². The number of ether oxygens (including phenoxy) is 1. The second-order valence-corrected chi connectivity index (χ2v) is 8.78. The van der Waals surface area contributed by atoms with Crippen molar-refractivity contribution in [1.29, 1.82) is 0 Å². The van der Waals surface area contributed by atoms with E-state index in [2.05, 4.69) is 20.4 Å². The first kappa shape index (κ1) is 22.1. The molecule has 3 rings (SSSR count). The van der Waals surface area contributed by atoms with Gasteiger partial charge in [0.1, 0.15) is 12.4 Å². The van der Waals surface area contributed by atoms with Crippen molar-refractivity contribution in [2.75, 3.05) is 32.8 Å². The van der Waals surface area contributed by atoms with Crippen LogP contribution >= 0.6 is 0 Å². The number of aromatic nitrogens is 3. The number of guanidine groups is 1. The number of aryl methyl sites for hydroxylation is 1. The first-order chi connectivity index (χ1) is 14.1. The minimum atomic E-state index is 0.490. The van der Waals surface area contributed by atoms with Crippen LogP contribution in [0.2, 0.25) is 0 Å². The molecule has 0 atom stereocenters. The number of aliphatic imine (C=N–C) groups is 1. The fraction of sp³-hybridized carbons (Fsp3) is 0.864. The van der Waals surface area contributed by atoms with Crippen LogP contribution in [0.3, 0.4) is 0 Å². The number of nitrogens with zero attached hydrogens (tertiary/aromatic N) is 5. The number of nitrogens with one attached hydrogen (secondary N) is 1. The lowest BCUT2D eigenvalue weighted by molar-refractivity contribution is 0.114. The van der Waals surface area contributed by atoms with E-state index in [4.69, 9.17) is 9.73 Å². The number of likely N-dealkylation sites (tertiary alicyclic amines) is 1. The summed E-state index contributed by atoms with van der Waals surface area (Å²) < 4.78 is 7.52. The molecule has 1 spiro atoms. The Morgan fingerprint density at radius 2 is 1.90 bits per heavy atom. The molecule has 1 aliphatic heterocycles. The molecular weight excluding hydrogens is 364 g/mol. The van der Waals surface area contributed by atoms with Gasteiger partial charge in [-0.25, -0.2) is 4.99 Å². The zero-order valence-electron chi connectivity index (χ0n) is 18.8. The summed E-state index contributed by atoms with van der Waals surface area (Å²) in [6.45, 7) is 9.29. The summed E-state index contributed by atoms with van der Waals surface area (Å²) in [6.07, 6.45) is 12.0. The van der Waals surface area contributed by atoms with Gasteiger partial charge in [0.15, 0.2) is 11.8 Å². The number of piperidine rings is 1. The standard InChI is InChI=1S/C22H40N6O/c1-4-29-16-10-14-23-21(24-17-20-26-25-19(2)27(20)3)28-15-9-13-22(18-28)11-7-5-6-8-12-22/h4-18H2,1-3H3,(H,23,24). The lowest BCUT2D eigenvalue weighted by Crippen LogP contribution is -2.50. The van der Waals surface area contributed by atoms with Gasteiger partial charge in [-0.15, -0.1) is 10.2 Å². The summed E-state index contributed by atoms with van der Waals surface area (Å²) in [4.78, 5) is 7.49. The second kappa shape index (κ2) is 11.0. The van der Waals surface area contributed by atoms with Crippen LogP contribution in [0.1, 0.15) is 76.4 Å². The molecule has 164 valence electrons. The summed E-state index contributed by atoms with van der Waals surface area (Å²) in [5.74, 6) is 2.87. The Bertz CT molecular complexity index is 648. The highest BCUT2D eigenvalue weighted by Crippen LogP contribution is 2.42. The fourth-order valence-electron chi connectivity index (χ4n) is 4.80. The van der Waals surface area contributed by atoms with Crippen LogP contribution in [0.25, 0.3) is 0 Å². The zero-order valence-corrected chi connectivity index (χ0v) is 18.8. The average Bonchev–Trinajstić information content (AvgIpc) is 2.91. The maximum absolute atomic E-state index is 5.50. The van der Waals surface area contributed by atoms with E-state index < -0.39 is 0 Å². The predicted octanol–water partition coefficient (Wildman–Crippen LogP) is 3.43. The third-order valence-electron chi connectivity index (χ3n) is 6.63. The third-order valence-corrected chi connectivity index (χ3v) is 6.63. The van der Waals surface area contributed by atoms with Gasteiger partial charge < -0.3 is 19.5 Å². The van der Waals surface area contributed by atoms with Crippen LogP contribution < -0.4 is 5.32 Å². The van der Waals surface area contributed by atoms with Gasteiger partial charge in [-0.05, 0) is 51.4 Å². The molecule has 7 heteroatoms. The molecule has 29 heavy (non-hydrogen) atoms. The highest BCUT2D eigenvalue weighted by molar-refractivity contribution is 5.80. The van der Waals surface area contributed by atoms with E-state index in [0.717, 1.165) is 56.9 Å². The molecule has 0 unspecified atom stereocenters. The quantitative estimate of drug-likeness (QED) is 0.428. The summed E-state index contributed by atoms with van der Waals surface area (Å²) in [7, 11) is 2.01. The third kappa shape index (κ3) is 6.17. The SMILES string of the molecule is CCOCCCNC(=NCc1nnc(C)n1C)N1CCCC2(CCCCCC2)C1. The second-order valence-electron chi connectivity index (χ2n) is 8.78. The van der Waals surface area contributed by atoms with Gasteiger partial charge >= 0.3 is 0 Å². The maximum atomic E-state index is 5.50. The molecule has 1 aromatic heterocycles. The highest BCUT2D eigenvalue weighted by Gasteiger charge is 2.36. The van der Waals surface area contributed by atoms with Crippen LogP contribution in [0.15, 0.2) is 4.99 Å². The number of hydrogen-bond acceptors (Lipinski definition) is 4. The molecule has 1 aliphatic carbocycles. The smallest absolute Gasteiger partial charge is 0.194 e. The van der Waals surface area contributed by atoms with Crippen molar-refractivity contribution in [3.8, 4) is 0 Å². The van der Waals surface area contributed by atoms with Crippen molar-refractivity contribution >= 4 is 5.96 Å². The molecule has 2 fully saturated rings. The molecule has 0 amide bonds. The fourth-order valence-corrected chi connectivity index (χ4v) is 4.80. The molecule has 2 aliphatic rings. The van der Waals surface area contributed by atoms with Crippen molar-refractivity contribution in [1.82, 2.24) is 25.0 Å². The summed E-state index contributed by atoms with van der Waals surface area (Å²) in [6, 6.07) is 0. The molecule has 0 bridgehead atoms. The Morgan fingerprint density at radius 1 is 1.14 bits per heavy atom. The van der Waals surface area contributed by atoms with E-state index in [-0.39, 0.29) is 0 Å². The van der Waals surface area contributed by atoms with Gasteiger partial charge in [0.05, 0.1) is 0 Å². The van der Waals surface area contributed by atoms with E-state index in [9.17, 15) is 0 Å². The van der Waals surface area contributed by atoms with E-state index in [1.165, 1.54) is 51.4 Å². The largest absolute Gasteiger partial charge is 0.382 e. The predicted molar refractivity (Wildman–Crippen MR) is 117 cm³/mol. The highest BCUT2D eigenvalue weighted by atomic mass is 16.5. The number of rotatable bonds is 7. The molecule has 1 aromatic rings. The normalized spacial score (nSPS) is 20.1. The van der Waals surface area contributed by atoms with E-state index in [0.29, 0.717) is 12.0 Å². The Hall–Kier alpha value is -1.63. The molecular formula is C22H40N6O. The Morgan fingerprint density at radius 3 is 2.59 bits per heavy atom. The summed E-state index contributed by atoms with van der Waals surface area (Å²) in [5.41, 5.74) is 0.490. The summed E-state index contributed by atoms with van der Waals surface area (Å²) >= 11 is 0. The van der Waals surface area contributed by atoms with Gasteiger partial charge in [-0.1, -0.05) is 25.7 Å². The van der Waals surface area contributed by atoms with Crippen molar-refractivity contribution in [3.05, 3.63) is 11.6 Å². The lowest BCUT2D eigenvalue weighted by Gasteiger charge is -2.44. The van der Waals surface area contributed by atoms with Crippen LogP contribution in [-0.2, 0) is 18.3 Å². The van der Waals surface area contributed by atoms with Gasteiger partial charge in [0.2, 0.25) is 0 Å². The topological polar surface area (TPSA) is 67.6 Å². The molecule has 1 saturated heterocycles. The lowest BCUT2D eigenvalue weighted by atomic mass is 9.74. The zero-order chi connectivity index (χ0) is 20.5. The average molecular weight is 405 g/mol. The van der Waals surface area contributed by atoms with Crippen LogP contribution in [0.5, 0.6) is 0 Å². The van der Waals surface area contributed by atoms with Crippen molar-refractivity contribution in [3.63, 3.8) is 0 Å². The van der Waals surface area contributed by atoms with Crippen LogP contribution in [-0.4, -0.2) is 58.5 Å². The molecule has 0 aromatic carbocycles. The van der Waals surface area contributed by atoms with Gasteiger partial charge in [0.25, 0.3) is 0 Å². The number of hydrogen-bond donors (Lipinski definition) is 1. The molecule has 7 nitrogen and oxygen atoms in total. The van der Waals surface area contributed by atoms with Crippen molar-refractivity contribution < 1.29 is 4.74 Å². The molecule has 1 saturated carbocycles. The molecule has 1 N–H and O–H groups in total. The van der Waals surface area contributed by atoms with E-state index in [1.54, 1.807) is 0 Å². The Labute approximate surface area is 176 Å². The Kier molecular flexibility index (Phi) is 8.33. The van der Waals surface area contributed by atoms with Crippen molar-refractivity contribution in [2.24, 2.45) is 17.5 Å². The first-order valence-corrected chi connectivity index (χ1v) is 11.6. The molecule has 0 radical (unpaired) electrons. The Balaban J connectivity index is 1.68. The maximum Gasteiger partial charge on any atom is 0.194 e. The first-order valence-electron chi connectivity index (χ1n) is 11.6. The monoisotopic (exact) mass is 404 g/mol. The van der Waals surface area contributed by atoms with Crippen LogP contribution in [0, 0.1) is 12.3 Å². The van der Waals surface area contributed by atoms with Crippen molar-refractivity contribution in [2.45, 2.75) is 78.2 Å². The van der Waals surface area contributed by atoms with Crippen LogP contribution in [0.4, 0.5) is 0 Å². The minimum absolute atomic E-state index is 0.490. The van der Waals surface area contributed by atoms with Gasteiger partial charge in [-0.3, -0.25) is 0 Å². The summed E-state index contributed by atoms with van der Waals surface area (Å²) in [5, 5.41) is 12.1. The van der Waals surface area contributed by atoms with E-state index >= 15 is 0 Å². The minimum Gasteiger partial charge on any atom is -0.382 e. The van der Waals surface area contributed by atoms with Gasteiger partial charge in [-0.2, -0.15) is 0 Å². The van der Waals surface area contributed by atoms with Gasteiger partial charge in [0, 0.05) is 39.9 Å².